The van der Waals surface area contributed by atoms with Crippen LogP contribution < -0.4 is 0 Å². The van der Waals surface area contributed by atoms with Crippen molar-refractivity contribution in [2.45, 2.75) is 55.1 Å². The van der Waals surface area contributed by atoms with Crippen molar-refractivity contribution in [1.29, 1.82) is 0 Å². The molecule has 5 nitrogen and oxygen atoms in total. The molecular formula is C26H32N2O3S2. The Morgan fingerprint density at radius 2 is 1.64 bits per heavy atom. The number of carbonyl (C=O) groups is 1. The SMILES string of the molecule is Cc1ccc(C23C[C@@H]4C[C@@H](CC(C(=O)N5CCN(S(=O)(=O)c6cccs6)CC5)(C4)C2)C3)cc1. The van der Waals surface area contributed by atoms with Gasteiger partial charge in [-0.25, -0.2) is 8.42 Å². The van der Waals surface area contributed by atoms with Crippen LogP contribution in [0.4, 0.5) is 0 Å². The highest BCUT2D eigenvalue weighted by Crippen LogP contribution is 2.66. The number of amides is 1. The first kappa shape index (κ1) is 21.8. The summed E-state index contributed by atoms with van der Waals surface area (Å²) in [7, 11) is -3.45. The Morgan fingerprint density at radius 1 is 0.970 bits per heavy atom. The van der Waals surface area contributed by atoms with E-state index in [0.717, 1.165) is 19.3 Å². The lowest BCUT2D eigenvalue weighted by atomic mass is 9.42. The number of thiophene rings is 1. The highest BCUT2D eigenvalue weighted by molar-refractivity contribution is 7.91. The smallest absolute Gasteiger partial charge is 0.252 e. The maximum atomic E-state index is 14.0. The van der Waals surface area contributed by atoms with Crippen LogP contribution >= 0.6 is 11.3 Å². The third-order valence-corrected chi connectivity index (χ3v) is 12.1. The third kappa shape index (κ3) is 3.50. The van der Waals surface area contributed by atoms with E-state index < -0.39 is 10.0 Å². The molecular weight excluding hydrogens is 452 g/mol. The summed E-state index contributed by atoms with van der Waals surface area (Å²) in [5.41, 5.74) is 2.58. The lowest BCUT2D eigenvalue weighted by Crippen LogP contribution is -2.61. The quantitative estimate of drug-likeness (QED) is 0.645. The van der Waals surface area contributed by atoms with Gasteiger partial charge in [0.2, 0.25) is 5.91 Å². The van der Waals surface area contributed by atoms with Gasteiger partial charge in [0, 0.05) is 26.2 Å². The number of sulfonamides is 1. The Bertz CT molecular complexity index is 1130. The number of rotatable bonds is 4. The average molecular weight is 485 g/mol. The molecule has 4 bridgehead atoms. The number of aryl methyl sites for hydroxylation is 1. The zero-order valence-electron chi connectivity index (χ0n) is 19.2. The molecule has 5 aliphatic rings. The molecule has 0 spiro atoms. The molecule has 0 N–H and O–H groups in total. The van der Waals surface area contributed by atoms with Crippen molar-refractivity contribution < 1.29 is 13.2 Å². The Morgan fingerprint density at radius 3 is 2.24 bits per heavy atom. The maximum absolute atomic E-state index is 14.0. The van der Waals surface area contributed by atoms with Gasteiger partial charge >= 0.3 is 0 Å². The van der Waals surface area contributed by atoms with Crippen LogP contribution in [-0.4, -0.2) is 49.7 Å². The second-order valence-electron chi connectivity index (χ2n) is 11.0. The normalized spacial score (nSPS) is 34.0. The van der Waals surface area contributed by atoms with E-state index in [4.69, 9.17) is 0 Å². The van der Waals surface area contributed by atoms with E-state index in [2.05, 4.69) is 31.2 Å². The van der Waals surface area contributed by atoms with Crippen molar-refractivity contribution in [3.8, 4) is 0 Å². The first-order valence-corrected chi connectivity index (χ1v) is 14.5. The van der Waals surface area contributed by atoms with Gasteiger partial charge in [0.05, 0.1) is 5.41 Å². The molecule has 1 aromatic heterocycles. The molecule has 7 rings (SSSR count). The van der Waals surface area contributed by atoms with E-state index in [1.54, 1.807) is 21.8 Å². The topological polar surface area (TPSA) is 57.7 Å². The fourth-order valence-corrected chi connectivity index (χ4v) is 10.3. The number of benzene rings is 1. The Kier molecular flexibility index (Phi) is 5.06. The summed E-state index contributed by atoms with van der Waals surface area (Å²) in [5, 5.41) is 1.80. The van der Waals surface area contributed by atoms with Crippen molar-refractivity contribution in [2.24, 2.45) is 17.3 Å². The molecule has 1 aromatic carbocycles. The van der Waals surface area contributed by atoms with Crippen LogP contribution in [0.2, 0.25) is 0 Å². The van der Waals surface area contributed by atoms with Crippen LogP contribution in [0.25, 0.3) is 0 Å². The van der Waals surface area contributed by atoms with Gasteiger partial charge in [-0.1, -0.05) is 35.9 Å². The molecule has 7 heteroatoms. The second kappa shape index (κ2) is 7.65. The fourth-order valence-electron chi connectivity index (χ4n) is 7.76. The van der Waals surface area contributed by atoms with Crippen molar-refractivity contribution in [3.63, 3.8) is 0 Å². The standard InChI is InChI=1S/C26H32N2O3S2/c1-19-4-6-22(7-5-19)25-14-20-13-21(15-25)17-26(16-20,18-25)24(29)27-8-10-28(11-9-27)33(30,31)23-3-2-12-32-23/h2-7,12,20-21H,8-11,13-18H2,1H3/t20-,21+,25?,26?. The number of nitrogens with zero attached hydrogens (tertiary/aromatic N) is 2. The highest BCUT2D eigenvalue weighted by atomic mass is 32.2. The molecule has 176 valence electrons. The van der Waals surface area contributed by atoms with Gasteiger partial charge in [0.15, 0.2) is 0 Å². The molecule has 2 aromatic rings. The zero-order chi connectivity index (χ0) is 22.8. The van der Waals surface area contributed by atoms with Gasteiger partial charge in [0.25, 0.3) is 10.0 Å². The minimum absolute atomic E-state index is 0.137. The molecule has 1 saturated heterocycles. The highest BCUT2D eigenvalue weighted by Gasteiger charge is 2.61. The first-order valence-electron chi connectivity index (χ1n) is 12.2. The average Bonchev–Trinajstić information content (AvgIpc) is 3.34. The Hall–Kier alpha value is -1.70. The van der Waals surface area contributed by atoms with Gasteiger partial charge in [-0.2, -0.15) is 4.31 Å². The molecule has 0 radical (unpaired) electrons. The van der Waals surface area contributed by atoms with Crippen LogP contribution in [0, 0.1) is 24.2 Å². The fraction of sp³-hybridized carbons (Fsp3) is 0.577. The third-order valence-electron chi connectivity index (χ3n) is 8.79. The summed E-state index contributed by atoms with van der Waals surface area (Å²) in [6.45, 7) is 3.90. The molecule has 5 fully saturated rings. The number of hydrogen-bond donors (Lipinski definition) is 0. The van der Waals surface area contributed by atoms with Crippen LogP contribution in [0.15, 0.2) is 46.0 Å². The monoisotopic (exact) mass is 484 g/mol. The summed E-state index contributed by atoms with van der Waals surface area (Å²) in [4.78, 5) is 16.0. The molecule has 2 unspecified atom stereocenters. The maximum Gasteiger partial charge on any atom is 0.252 e. The van der Waals surface area contributed by atoms with Gasteiger partial charge in [-0.05, 0) is 79.7 Å². The summed E-state index contributed by atoms with van der Waals surface area (Å²) >= 11 is 1.26. The van der Waals surface area contributed by atoms with Crippen molar-refractivity contribution in [2.75, 3.05) is 26.2 Å². The van der Waals surface area contributed by atoms with E-state index in [-0.39, 0.29) is 10.8 Å². The van der Waals surface area contributed by atoms with E-state index in [1.807, 2.05) is 4.90 Å². The van der Waals surface area contributed by atoms with Crippen LogP contribution in [0.1, 0.15) is 49.7 Å². The predicted octanol–water partition coefficient (Wildman–Crippen LogP) is 4.43. The molecule has 4 aliphatic carbocycles. The van der Waals surface area contributed by atoms with Crippen LogP contribution in [0.3, 0.4) is 0 Å². The molecule has 4 saturated carbocycles. The van der Waals surface area contributed by atoms with E-state index in [9.17, 15) is 13.2 Å². The second-order valence-corrected chi connectivity index (χ2v) is 14.1. The zero-order valence-corrected chi connectivity index (χ0v) is 20.8. The summed E-state index contributed by atoms with van der Waals surface area (Å²) in [5.74, 6) is 1.57. The van der Waals surface area contributed by atoms with Crippen LogP contribution in [0.5, 0.6) is 0 Å². The van der Waals surface area contributed by atoms with Gasteiger partial charge in [-0.3, -0.25) is 4.79 Å². The number of hydrogen-bond acceptors (Lipinski definition) is 4. The summed E-state index contributed by atoms with van der Waals surface area (Å²) in [6, 6.07) is 12.5. The van der Waals surface area contributed by atoms with Crippen molar-refractivity contribution in [1.82, 2.24) is 9.21 Å². The van der Waals surface area contributed by atoms with E-state index >= 15 is 0 Å². The number of carbonyl (C=O) groups excluding carboxylic acids is 1. The van der Waals surface area contributed by atoms with Crippen molar-refractivity contribution >= 4 is 27.3 Å². The van der Waals surface area contributed by atoms with Crippen LogP contribution in [-0.2, 0) is 20.2 Å². The van der Waals surface area contributed by atoms with E-state index in [1.165, 1.54) is 41.7 Å². The first-order chi connectivity index (χ1) is 15.8. The summed E-state index contributed by atoms with van der Waals surface area (Å²) in [6.07, 6.45) is 6.70. The molecule has 4 atom stereocenters. The molecule has 1 amide bonds. The Balaban J connectivity index is 1.22. The predicted molar refractivity (Wildman–Crippen MR) is 130 cm³/mol. The van der Waals surface area contributed by atoms with Crippen molar-refractivity contribution in [3.05, 3.63) is 52.9 Å². The molecule has 1 aliphatic heterocycles. The van der Waals surface area contributed by atoms with Gasteiger partial charge in [0.1, 0.15) is 4.21 Å². The minimum Gasteiger partial charge on any atom is -0.340 e. The van der Waals surface area contributed by atoms with Gasteiger partial charge < -0.3 is 4.90 Å². The molecule has 2 heterocycles. The minimum atomic E-state index is -3.45. The van der Waals surface area contributed by atoms with E-state index in [0.29, 0.717) is 48.1 Å². The summed E-state index contributed by atoms with van der Waals surface area (Å²) < 4.78 is 27.7. The molecule has 33 heavy (non-hydrogen) atoms. The lowest BCUT2D eigenvalue weighted by molar-refractivity contribution is -0.161. The lowest BCUT2D eigenvalue weighted by Gasteiger charge is -2.62. The largest absolute Gasteiger partial charge is 0.340 e. The number of piperazine rings is 1. The van der Waals surface area contributed by atoms with Gasteiger partial charge in [-0.15, -0.1) is 11.3 Å². The Labute approximate surface area is 200 Å².